The van der Waals surface area contributed by atoms with E-state index in [-0.39, 0.29) is 36.0 Å². The maximum atomic E-state index is 14.6. The van der Waals surface area contributed by atoms with Gasteiger partial charge in [0.25, 0.3) is 5.91 Å². The smallest absolute Gasteiger partial charge is 0.356 e. The normalized spacial score (nSPS) is 16.1. The third-order valence-electron chi connectivity index (χ3n) is 10.7. The van der Waals surface area contributed by atoms with Gasteiger partial charge in [0, 0.05) is 9.81 Å². The summed E-state index contributed by atoms with van der Waals surface area (Å²) in [7, 11) is 2.95. The van der Waals surface area contributed by atoms with Crippen molar-refractivity contribution in [1.82, 2.24) is 20.2 Å². The summed E-state index contributed by atoms with van der Waals surface area (Å²) in [6.07, 6.45) is 0.177. The number of nitrogens with zero attached hydrogens (tertiary/aromatic N) is 4. The van der Waals surface area contributed by atoms with Crippen molar-refractivity contribution >= 4 is 108 Å². The molecule has 2 N–H and O–H groups in total. The molecule has 2 aliphatic rings. The number of halogens is 1. The molecule has 7 aromatic rings. The second-order valence-corrected chi connectivity index (χ2v) is 19.9. The third kappa shape index (κ3) is 9.24. The van der Waals surface area contributed by atoms with Crippen LogP contribution < -0.4 is 15.4 Å². The number of benzene rings is 5. The van der Waals surface area contributed by atoms with Crippen molar-refractivity contribution in [2.24, 2.45) is 5.16 Å². The molecule has 9 rings (SSSR count). The Morgan fingerprint density at radius 3 is 2.12 bits per heavy atom. The molecule has 12 nitrogen and oxygen atoms in total. The largest absolute Gasteiger partial charge is 0.497 e. The highest BCUT2D eigenvalue weighted by molar-refractivity contribution is 14.1. The second kappa shape index (κ2) is 19.8. The molecule has 0 aliphatic carbocycles. The Kier molecular flexibility index (Phi) is 13.5. The summed E-state index contributed by atoms with van der Waals surface area (Å²) in [6.45, 7) is -0.0493. The number of anilines is 1. The van der Waals surface area contributed by atoms with Crippen molar-refractivity contribution in [2.75, 3.05) is 19.5 Å². The van der Waals surface area contributed by atoms with Gasteiger partial charge in [-0.15, -0.1) is 34.4 Å². The maximum Gasteiger partial charge on any atom is 0.356 e. The number of aromatic nitrogens is 2. The lowest BCUT2D eigenvalue weighted by Crippen LogP contribution is -2.57. The quantitative estimate of drug-likeness (QED) is 0.0182. The minimum Gasteiger partial charge on any atom is -0.497 e. The highest BCUT2D eigenvalue weighted by atomic mass is 127. The fourth-order valence-corrected chi connectivity index (χ4v) is 12.7. The number of thiazole rings is 2. The predicted octanol–water partition coefficient (Wildman–Crippen LogP) is 9.95. The molecule has 5 aromatic carbocycles. The summed E-state index contributed by atoms with van der Waals surface area (Å²) in [6, 6.07) is 43.7. The molecule has 0 radical (unpaired) electrons. The summed E-state index contributed by atoms with van der Waals surface area (Å²) in [5.74, 6) is -0.852. The van der Waals surface area contributed by atoms with Gasteiger partial charge in [0.1, 0.15) is 41.8 Å². The molecule has 2 amide bonds. The van der Waals surface area contributed by atoms with Crippen LogP contribution in [-0.2, 0) is 40.5 Å². The zero-order valence-electron chi connectivity index (χ0n) is 34.8. The summed E-state index contributed by atoms with van der Waals surface area (Å²) >= 11 is 7.70. The number of hydrogen-bond acceptors (Lipinski definition) is 14. The van der Waals surface area contributed by atoms with Gasteiger partial charge < -0.3 is 24.9 Å². The third-order valence-corrected chi connectivity index (χ3v) is 16.1. The molecule has 0 saturated carbocycles. The Morgan fingerprint density at radius 2 is 1.52 bits per heavy atom. The summed E-state index contributed by atoms with van der Waals surface area (Å²) < 4.78 is 13.6. The lowest BCUT2D eigenvalue weighted by molar-refractivity contribution is -0.150. The van der Waals surface area contributed by atoms with Crippen molar-refractivity contribution < 1.29 is 28.7 Å². The molecule has 2 atom stereocenters. The van der Waals surface area contributed by atoms with Gasteiger partial charge in [-0.3, -0.25) is 14.5 Å². The van der Waals surface area contributed by atoms with Crippen molar-refractivity contribution in [3.05, 3.63) is 183 Å². The van der Waals surface area contributed by atoms with Crippen LogP contribution in [0.2, 0.25) is 0 Å². The predicted molar refractivity (Wildman–Crippen MR) is 266 cm³/mol. The van der Waals surface area contributed by atoms with E-state index in [1.165, 1.54) is 58.2 Å². The number of nitrogens with one attached hydrogen (secondary N) is 2. The Morgan fingerprint density at radius 1 is 0.877 bits per heavy atom. The molecule has 1 fully saturated rings. The average Bonchev–Trinajstić information content (AvgIpc) is 3.99. The van der Waals surface area contributed by atoms with Crippen LogP contribution in [0, 0.1) is 0 Å². The number of carbonyl (C=O) groups excluding carboxylic acids is 3. The van der Waals surface area contributed by atoms with E-state index in [9.17, 15) is 14.4 Å². The molecule has 328 valence electrons. The number of thioether (sulfide) groups is 2. The Hall–Kier alpha value is -5.73. The first-order valence-electron chi connectivity index (χ1n) is 20.3. The van der Waals surface area contributed by atoms with Gasteiger partial charge in [0.15, 0.2) is 15.2 Å². The first-order chi connectivity index (χ1) is 31.8. The first kappa shape index (κ1) is 44.5. The SMILES string of the molecule is CON=C(C(=O)NC1S[C@H]2CC(=O)N2C(C(=O)OCc2ccc(OC)cc2)=C1Sc1nc2ccc(CI)cc2s1)c1csc(NC(c2ccccc2)(c2ccccc2)c2ccccc2)n1. The molecule has 4 heterocycles. The molecule has 1 unspecified atom stereocenters. The fourth-order valence-electron chi connectivity index (χ4n) is 7.60. The van der Waals surface area contributed by atoms with Gasteiger partial charge in [-0.25, -0.2) is 14.8 Å². The van der Waals surface area contributed by atoms with E-state index in [2.05, 4.69) is 80.8 Å². The highest BCUT2D eigenvalue weighted by Gasteiger charge is 2.50. The van der Waals surface area contributed by atoms with E-state index < -0.39 is 28.2 Å². The van der Waals surface area contributed by atoms with Crippen LogP contribution in [-0.4, -0.2) is 63.3 Å². The van der Waals surface area contributed by atoms with Gasteiger partial charge in [0.2, 0.25) is 5.91 Å². The number of oxime groups is 1. The molecule has 2 aliphatic heterocycles. The lowest BCUT2D eigenvalue weighted by atomic mass is 9.77. The van der Waals surface area contributed by atoms with Crippen molar-refractivity contribution in [3.8, 4) is 5.75 Å². The van der Waals surface area contributed by atoms with Gasteiger partial charge >= 0.3 is 5.97 Å². The van der Waals surface area contributed by atoms with E-state index in [1.807, 2.05) is 66.7 Å². The molecule has 0 spiro atoms. The monoisotopic (exact) mass is 1050 g/mol. The minimum absolute atomic E-state index is 0.0493. The topological polar surface area (TPSA) is 144 Å². The molecule has 17 heteroatoms. The summed E-state index contributed by atoms with van der Waals surface area (Å²) in [5, 5.41) is 12.1. The van der Waals surface area contributed by atoms with Gasteiger partial charge in [0.05, 0.1) is 34.0 Å². The second-order valence-electron chi connectivity index (χ2n) is 14.7. The van der Waals surface area contributed by atoms with E-state index >= 15 is 0 Å². The number of β-lactam (4-membered cyclic amide) rings is 1. The number of methoxy groups -OCH3 is 1. The van der Waals surface area contributed by atoms with E-state index in [0.717, 1.165) is 42.5 Å². The Bertz CT molecular complexity index is 2820. The standard InChI is InChI=1S/C48H39IN6O6S4/c1-59-34-21-18-29(19-22-34)27-61-45(58)41-42(65-47-51-35-23-20-30(26-49)24-37(35)63-47)44(64-39-25-38(56)55(39)41)52-43(57)40(54-60-2)36-28-62-46(50-36)53-48(31-12-6-3-7-13-31,32-14-8-4-9-15-32)33-16-10-5-11-17-33/h3-24,28,39,44H,25-27H2,1-2H3,(H,50,53)(H,52,57)/t39-,44?/m0/s1. The number of carbonyl (C=O) groups is 3. The van der Waals surface area contributed by atoms with Crippen LogP contribution in [0.5, 0.6) is 5.75 Å². The molecular weight excluding hydrogens is 1010 g/mol. The first-order valence-corrected chi connectivity index (χ1v) is 25.2. The number of amides is 2. The number of rotatable bonds is 16. The Labute approximate surface area is 405 Å². The summed E-state index contributed by atoms with van der Waals surface area (Å²) in [5.41, 5.74) is 5.06. The number of ether oxygens (including phenoxy) is 2. The minimum atomic E-state index is -0.863. The van der Waals surface area contributed by atoms with Gasteiger partial charge in [-0.05, 0) is 52.1 Å². The number of esters is 1. The molecule has 2 aromatic heterocycles. The van der Waals surface area contributed by atoms with Crippen molar-refractivity contribution in [1.29, 1.82) is 0 Å². The number of alkyl halides is 1. The zero-order valence-corrected chi connectivity index (χ0v) is 40.2. The van der Waals surface area contributed by atoms with Crippen LogP contribution in [0.1, 0.15) is 39.9 Å². The van der Waals surface area contributed by atoms with Crippen LogP contribution >= 0.6 is 68.8 Å². The number of hydrogen-bond donors (Lipinski definition) is 2. The maximum absolute atomic E-state index is 14.6. The Balaban J connectivity index is 1.06. The van der Waals surface area contributed by atoms with E-state index in [4.69, 9.17) is 24.3 Å². The van der Waals surface area contributed by atoms with Crippen LogP contribution in [0.3, 0.4) is 0 Å². The lowest BCUT2D eigenvalue weighted by Gasteiger charge is -2.46. The van der Waals surface area contributed by atoms with Crippen LogP contribution in [0.15, 0.2) is 159 Å². The molecule has 1 saturated heterocycles. The zero-order chi connectivity index (χ0) is 44.9. The van der Waals surface area contributed by atoms with Crippen LogP contribution in [0.4, 0.5) is 5.13 Å². The van der Waals surface area contributed by atoms with Gasteiger partial charge in [-0.2, -0.15) is 0 Å². The molecular formula is C48H39IN6O6S4. The van der Waals surface area contributed by atoms with E-state index in [1.54, 1.807) is 36.8 Å². The summed E-state index contributed by atoms with van der Waals surface area (Å²) in [4.78, 5) is 59.2. The number of fused-ring (bicyclic) bond motifs is 2. The average molecular weight is 1050 g/mol. The van der Waals surface area contributed by atoms with Crippen molar-refractivity contribution in [3.63, 3.8) is 0 Å². The molecule has 0 bridgehead atoms. The molecule has 65 heavy (non-hydrogen) atoms. The van der Waals surface area contributed by atoms with Crippen LogP contribution in [0.25, 0.3) is 10.2 Å². The van der Waals surface area contributed by atoms with Gasteiger partial charge in [-0.1, -0.05) is 149 Å². The van der Waals surface area contributed by atoms with Crippen molar-refractivity contribution in [2.45, 2.75) is 38.1 Å². The fraction of sp³-hybridized carbons (Fsp3) is 0.167. The van der Waals surface area contributed by atoms with E-state index in [0.29, 0.717) is 20.1 Å². The highest BCUT2D eigenvalue weighted by Crippen LogP contribution is 2.50.